The van der Waals surface area contributed by atoms with Crippen LogP contribution in [-0.2, 0) is 42.9 Å². The van der Waals surface area contributed by atoms with Gasteiger partial charge < -0.3 is 0 Å². The molecule has 1 aliphatic heterocycles. The molecule has 0 radical (unpaired) electrons. The van der Waals surface area contributed by atoms with E-state index < -0.39 is 53.3 Å². The van der Waals surface area contributed by atoms with Gasteiger partial charge in [-0.25, -0.2) is 0 Å². The summed E-state index contributed by atoms with van der Waals surface area (Å²) in [6.45, 7) is 8.27. The van der Waals surface area contributed by atoms with E-state index >= 15 is 0 Å². The van der Waals surface area contributed by atoms with E-state index in [1.54, 1.807) is 6.08 Å². The average Bonchev–Trinajstić information content (AvgIpc) is 2.54. The van der Waals surface area contributed by atoms with Gasteiger partial charge in [-0.15, -0.1) is 0 Å². The third-order valence-corrected chi connectivity index (χ3v) is 5.71. The molecule has 152 valence electrons. The van der Waals surface area contributed by atoms with E-state index in [2.05, 4.69) is 6.58 Å². The van der Waals surface area contributed by atoms with Gasteiger partial charge in [0.2, 0.25) is 0 Å². The Kier molecular flexibility index (Phi) is 9.48. The molecule has 10 heteroatoms. The average molecular weight is 451 g/mol. The molecule has 0 N–H and O–H groups in total. The standard InChI is InChI=1S/C17H24O9Se/c1-6-7-27-17-16(25-12(5)21)15(24-11(4)20)14(23-10(3)19)13(26-17)8-22-9(2)18/h6,13-17H,1,7-8H2,2-5H3/t13-,14-,15+,16-,17+/m1/s1. The van der Waals surface area contributed by atoms with Crippen molar-refractivity contribution in [2.75, 3.05) is 6.61 Å². The molecule has 0 saturated carbocycles. The van der Waals surface area contributed by atoms with Crippen LogP contribution in [0, 0.1) is 0 Å². The van der Waals surface area contributed by atoms with Crippen molar-refractivity contribution in [1.82, 2.24) is 0 Å². The zero-order valence-corrected chi connectivity index (χ0v) is 17.4. The van der Waals surface area contributed by atoms with Crippen molar-refractivity contribution in [1.29, 1.82) is 0 Å². The number of carbonyl (C=O) groups is 4. The topological polar surface area (TPSA) is 114 Å². The van der Waals surface area contributed by atoms with Gasteiger partial charge in [0, 0.05) is 0 Å². The number of ether oxygens (including phenoxy) is 5. The normalized spacial score (nSPS) is 27.2. The molecule has 1 heterocycles. The third-order valence-electron chi connectivity index (χ3n) is 3.33. The molecule has 0 unspecified atom stereocenters. The Morgan fingerprint density at radius 1 is 0.889 bits per heavy atom. The maximum absolute atomic E-state index is 11.6. The summed E-state index contributed by atoms with van der Waals surface area (Å²) in [7, 11) is 0. The van der Waals surface area contributed by atoms with Crippen LogP contribution in [-0.4, -0.2) is 74.9 Å². The van der Waals surface area contributed by atoms with Crippen molar-refractivity contribution in [3.63, 3.8) is 0 Å². The van der Waals surface area contributed by atoms with Crippen LogP contribution in [0.25, 0.3) is 0 Å². The van der Waals surface area contributed by atoms with Crippen molar-refractivity contribution in [3.05, 3.63) is 12.7 Å². The summed E-state index contributed by atoms with van der Waals surface area (Å²) in [5.41, 5.74) is 0. The Balaban J connectivity index is 3.24. The number of allylic oxidation sites excluding steroid dienone is 1. The molecule has 0 aromatic heterocycles. The summed E-state index contributed by atoms with van der Waals surface area (Å²) >= 11 is -0.226. The van der Waals surface area contributed by atoms with Crippen molar-refractivity contribution in [3.8, 4) is 0 Å². The van der Waals surface area contributed by atoms with Crippen molar-refractivity contribution in [2.45, 2.75) is 62.4 Å². The van der Waals surface area contributed by atoms with Gasteiger partial charge in [-0.05, 0) is 0 Å². The second kappa shape index (κ2) is 11.1. The Bertz CT molecular complexity index is 577. The van der Waals surface area contributed by atoms with Crippen molar-refractivity contribution >= 4 is 38.8 Å². The molecule has 0 aromatic rings. The first-order valence-electron chi connectivity index (χ1n) is 8.18. The van der Waals surface area contributed by atoms with E-state index in [0.717, 1.165) is 0 Å². The number of hydrogen-bond donors (Lipinski definition) is 0. The summed E-state index contributed by atoms with van der Waals surface area (Å²) in [4.78, 5) is 46.0. The first kappa shape index (κ1) is 23.1. The number of rotatable bonds is 8. The molecule has 1 aliphatic rings. The minimum absolute atomic E-state index is 0.210. The Hall–Kier alpha value is -1.90. The van der Waals surface area contributed by atoms with E-state index in [1.165, 1.54) is 27.7 Å². The Morgan fingerprint density at radius 3 is 1.89 bits per heavy atom. The first-order valence-corrected chi connectivity index (χ1v) is 10.4. The number of esters is 4. The SMILES string of the molecule is C=CC[Se][C@@H]1O[C@H](COC(C)=O)[C@@H](OC(C)=O)[C@H](OC(C)=O)[C@H]1OC(C)=O. The maximum atomic E-state index is 11.6. The first-order chi connectivity index (χ1) is 12.6. The van der Waals surface area contributed by atoms with Crippen LogP contribution in [0.5, 0.6) is 0 Å². The summed E-state index contributed by atoms with van der Waals surface area (Å²) in [6, 6.07) is 0. The molecule has 27 heavy (non-hydrogen) atoms. The summed E-state index contributed by atoms with van der Waals surface area (Å²) < 4.78 is 26.9. The third kappa shape index (κ3) is 7.70. The van der Waals surface area contributed by atoms with Crippen molar-refractivity contribution < 1.29 is 42.9 Å². The molecule has 0 spiro atoms. The van der Waals surface area contributed by atoms with E-state index in [4.69, 9.17) is 23.7 Å². The molecule has 0 bridgehead atoms. The quantitative estimate of drug-likeness (QED) is 0.224. The molecule has 1 saturated heterocycles. The zero-order valence-electron chi connectivity index (χ0n) is 15.7. The van der Waals surface area contributed by atoms with Crippen LogP contribution in [0.15, 0.2) is 12.7 Å². The molecular formula is C17H24O9Se. The monoisotopic (exact) mass is 452 g/mol. The second-order valence-electron chi connectivity index (χ2n) is 5.69. The zero-order chi connectivity index (χ0) is 20.6. The van der Waals surface area contributed by atoms with Gasteiger partial charge in [0.15, 0.2) is 0 Å². The molecule has 1 fully saturated rings. The van der Waals surface area contributed by atoms with E-state index in [9.17, 15) is 19.2 Å². The number of carbonyl (C=O) groups excluding carboxylic acids is 4. The molecule has 0 aromatic carbocycles. The van der Waals surface area contributed by atoms with Gasteiger partial charge in [-0.3, -0.25) is 0 Å². The van der Waals surface area contributed by atoms with Gasteiger partial charge >= 0.3 is 163 Å². The Labute approximate surface area is 163 Å². The summed E-state index contributed by atoms with van der Waals surface area (Å²) in [6.07, 6.45) is -2.36. The van der Waals surface area contributed by atoms with Crippen LogP contribution in [0.3, 0.4) is 0 Å². The van der Waals surface area contributed by atoms with Gasteiger partial charge in [-0.1, -0.05) is 0 Å². The molecule has 9 nitrogen and oxygen atoms in total. The van der Waals surface area contributed by atoms with Gasteiger partial charge in [-0.2, -0.15) is 0 Å². The fourth-order valence-electron chi connectivity index (χ4n) is 2.49. The predicted octanol–water partition coefficient (Wildman–Crippen LogP) is 0.378. The van der Waals surface area contributed by atoms with Crippen LogP contribution in [0.1, 0.15) is 27.7 Å². The van der Waals surface area contributed by atoms with E-state index in [-0.39, 0.29) is 21.6 Å². The Morgan fingerprint density at radius 2 is 1.41 bits per heavy atom. The van der Waals surface area contributed by atoms with E-state index in [1.807, 2.05) is 0 Å². The van der Waals surface area contributed by atoms with Crippen molar-refractivity contribution in [2.24, 2.45) is 0 Å². The van der Waals surface area contributed by atoms with Gasteiger partial charge in [0.1, 0.15) is 0 Å². The van der Waals surface area contributed by atoms with Crippen LogP contribution in [0.2, 0.25) is 5.32 Å². The van der Waals surface area contributed by atoms with Crippen LogP contribution in [0.4, 0.5) is 0 Å². The van der Waals surface area contributed by atoms with E-state index in [0.29, 0.717) is 5.32 Å². The molecular weight excluding hydrogens is 427 g/mol. The van der Waals surface area contributed by atoms with Gasteiger partial charge in [0.05, 0.1) is 0 Å². The summed E-state index contributed by atoms with van der Waals surface area (Å²) in [5.74, 6) is -2.43. The fraction of sp³-hybridized carbons (Fsp3) is 0.647. The molecule has 1 rings (SSSR count). The predicted molar refractivity (Wildman–Crippen MR) is 92.7 cm³/mol. The summed E-state index contributed by atoms with van der Waals surface area (Å²) in [5, 5.41) is -0.0168. The number of hydrogen-bond acceptors (Lipinski definition) is 9. The molecule has 5 atom stereocenters. The van der Waals surface area contributed by atoms with Crippen LogP contribution >= 0.6 is 0 Å². The second-order valence-corrected chi connectivity index (χ2v) is 8.06. The molecule has 0 amide bonds. The fourth-order valence-corrected chi connectivity index (χ4v) is 4.47. The minimum atomic E-state index is -1.11. The molecule has 0 aliphatic carbocycles. The van der Waals surface area contributed by atoms with Gasteiger partial charge in [0.25, 0.3) is 0 Å². The van der Waals surface area contributed by atoms with Crippen LogP contribution < -0.4 is 0 Å².